The topological polar surface area (TPSA) is 73.8 Å². The zero-order chi connectivity index (χ0) is 18.4. The van der Waals surface area contributed by atoms with Gasteiger partial charge in [0.25, 0.3) is 0 Å². The Labute approximate surface area is 148 Å². The van der Waals surface area contributed by atoms with Gasteiger partial charge in [-0.05, 0) is 36.5 Å². The summed E-state index contributed by atoms with van der Waals surface area (Å²) >= 11 is 6.45. The fraction of sp³-hybridized carbons (Fsp3) is 0.389. The van der Waals surface area contributed by atoms with Gasteiger partial charge in [0.2, 0.25) is 0 Å². The van der Waals surface area contributed by atoms with E-state index >= 15 is 0 Å². The lowest BCUT2D eigenvalue weighted by Crippen LogP contribution is -2.16. The van der Waals surface area contributed by atoms with E-state index in [1.54, 1.807) is 6.92 Å². The molecule has 0 fully saturated rings. The molecule has 130 valence electrons. The molecule has 1 aromatic carbocycles. The standard InChI is InChI=1S/C18H23ClN2O2S/c1-10-7-13(18(3,4)5)14(19)8-12(10)15-9-16(22)17(11(2)21-15)24(6,20)23/h7-9,20H,1-6H3,(H,21,22)/t24-/m1/s1. The van der Waals surface area contributed by atoms with Gasteiger partial charge in [-0.3, -0.25) is 4.79 Å². The van der Waals surface area contributed by atoms with Crippen molar-refractivity contribution in [3.8, 4) is 11.3 Å². The highest BCUT2D eigenvalue weighted by Crippen LogP contribution is 2.35. The summed E-state index contributed by atoms with van der Waals surface area (Å²) in [5.74, 6) is 0. The van der Waals surface area contributed by atoms with Gasteiger partial charge in [0.05, 0.1) is 9.73 Å². The molecule has 0 saturated heterocycles. The number of hydrogen-bond acceptors (Lipinski definition) is 3. The molecule has 1 aromatic heterocycles. The molecule has 1 heterocycles. The van der Waals surface area contributed by atoms with Crippen LogP contribution in [0.2, 0.25) is 5.02 Å². The highest BCUT2D eigenvalue weighted by atomic mass is 35.5. The van der Waals surface area contributed by atoms with Crippen LogP contribution in [0.1, 0.15) is 37.6 Å². The van der Waals surface area contributed by atoms with Crippen LogP contribution >= 0.6 is 11.6 Å². The Morgan fingerprint density at radius 2 is 1.75 bits per heavy atom. The van der Waals surface area contributed by atoms with Crippen LogP contribution in [-0.2, 0) is 15.1 Å². The van der Waals surface area contributed by atoms with Crippen LogP contribution in [0.4, 0.5) is 0 Å². The number of aryl methyl sites for hydroxylation is 2. The SMILES string of the molecule is Cc1cc(C(C)(C)C)c(Cl)cc1-c1cc(=O)c([S@](C)(=N)=O)c(C)[nH]1. The highest BCUT2D eigenvalue weighted by molar-refractivity contribution is 7.91. The molecule has 2 rings (SSSR count). The zero-order valence-electron chi connectivity index (χ0n) is 14.8. The maximum Gasteiger partial charge on any atom is 0.199 e. The van der Waals surface area contributed by atoms with E-state index < -0.39 is 9.73 Å². The molecule has 1 atom stereocenters. The number of rotatable bonds is 2. The molecule has 2 N–H and O–H groups in total. The summed E-state index contributed by atoms with van der Waals surface area (Å²) in [6.45, 7) is 9.93. The van der Waals surface area contributed by atoms with Gasteiger partial charge < -0.3 is 4.98 Å². The minimum absolute atomic E-state index is 0.0290. The van der Waals surface area contributed by atoms with Crippen molar-refractivity contribution in [3.63, 3.8) is 0 Å². The number of aromatic amines is 1. The van der Waals surface area contributed by atoms with Crippen LogP contribution in [-0.4, -0.2) is 15.4 Å². The smallest absolute Gasteiger partial charge is 0.199 e. The van der Waals surface area contributed by atoms with Crippen LogP contribution in [0, 0.1) is 18.6 Å². The fourth-order valence-corrected chi connectivity index (χ4v) is 4.38. The number of aromatic nitrogens is 1. The van der Waals surface area contributed by atoms with Crippen molar-refractivity contribution in [3.05, 3.63) is 50.3 Å². The van der Waals surface area contributed by atoms with E-state index in [0.717, 1.165) is 16.7 Å². The molecular weight excluding hydrogens is 344 g/mol. The summed E-state index contributed by atoms with van der Waals surface area (Å²) in [6, 6.07) is 5.29. The third-order valence-corrected chi connectivity index (χ3v) is 5.56. The Morgan fingerprint density at radius 1 is 1.17 bits per heavy atom. The van der Waals surface area contributed by atoms with Crippen molar-refractivity contribution in [1.82, 2.24) is 4.98 Å². The summed E-state index contributed by atoms with van der Waals surface area (Å²) in [4.78, 5) is 15.5. The molecule has 0 aliphatic rings. The van der Waals surface area contributed by atoms with Crippen LogP contribution in [0.5, 0.6) is 0 Å². The molecule has 0 aliphatic heterocycles. The Balaban J connectivity index is 2.71. The van der Waals surface area contributed by atoms with Crippen LogP contribution in [0.3, 0.4) is 0 Å². The second-order valence-corrected chi connectivity index (χ2v) is 9.74. The van der Waals surface area contributed by atoms with E-state index in [2.05, 4.69) is 25.8 Å². The van der Waals surface area contributed by atoms with Gasteiger partial charge in [0, 0.05) is 34.3 Å². The lowest BCUT2D eigenvalue weighted by Gasteiger charge is -2.22. The minimum Gasteiger partial charge on any atom is -0.357 e. The van der Waals surface area contributed by atoms with E-state index in [9.17, 15) is 9.00 Å². The summed E-state index contributed by atoms with van der Waals surface area (Å²) in [5.41, 5.74) is 3.47. The van der Waals surface area contributed by atoms with Crippen molar-refractivity contribution < 1.29 is 4.21 Å². The van der Waals surface area contributed by atoms with Gasteiger partial charge in [0.15, 0.2) is 5.43 Å². The molecule has 6 heteroatoms. The Bertz CT molecular complexity index is 968. The first kappa shape index (κ1) is 18.7. The predicted molar refractivity (Wildman–Crippen MR) is 101 cm³/mol. The van der Waals surface area contributed by atoms with Crippen LogP contribution in [0.25, 0.3) is 11.3 Å². The monoisotopic (exact) mass is 366 g/mol. The van der Waals surface area contributed by atoms with E-state index in [0.29, 0.717) is 16.4 Å². The number of halogens is 1. The molecule has 0 amide bonds. The zero-order valence-corrected chi connectivity index (χ0v) is 16.4. The largest absolute Gasteiger partial charge is 0.357 e. The molecule has 2 aromatic rings. The van der Waals surface area contributed by atoms with Gasteiger partial charge >= 0.3 is 0 Å². The Hall–Kier alpha value is -1.59. The highest BCUT2D eigenvalue weighted by Gasteiger charge is 2.20. The average Bonchev–Trinajstić information content (AvgIpc) is 2.37. The lowest BCUT2D eigenvalue weighted by atomic mass is 9.85. The summed E-state index contributed by atoms with van der Waals surface area (Å²) < 4.78 is 19.7. The normalized spacial score (nSPS) is 14.5. The minimum atomic E-state index is -3.08. The van der Waals surface area contributed by atoms with Crippen LogP contribution < -0.4 is 5.43 Å². The number of H-pyrrole nitrogens is 1. The quantitative estimate of drug-likeness (QED) is 0.812. The molecular formula is C18H23ClN2O2S. The molecule has 24 heavy (non-hydrogen) atoms. The van der Waals surface area contributed by atoms with Crippen molar-refractivity contribution in [2.75, 3.05) is 6.26 Å². The Kier molecular flexibility index (Phi) is 4.72. The summed E-state index contributed by atoms with van der Waals surface area (Å²) in [7, 11) is -3.08. The third kappa shape index (κ3) is 3.57. The number of nitrogens with one attached hydrogen (secondary N) is 2. The van der Waals surface area contributed by atoms with E-state index in [1.807, 2.05) is 19.1 Å². The molecule has 0 unspecified atom stereocenters. The van der Waals surface area contributed by atoms with Crippen molar-refractivity contribution in [2.45, 2.75) is 44.9 Å². The first-order chi connectivity index (χ1) is 10.8. The molecule has 0 aliphatic carbocycles. The Morgan fingerprint density at radius 3 is 2.21 bits per heavy atom. The maximum atomic E-state index is 12.4. The van der Waals surface area contributed by atoms with Gasteiger partial charge in [-0.25, -0.2) is 8.99 Å². The second-order valence-electron chi connectivity index (χ2n) is 7.24. The van der Waals surface area contributed by atoms with E-state index in [-0.39, 0.29) is 15.7 Å². The van der Waals surface area contributed by atoms with Crippen molar-refractivity contribution in [2.24, 2.45) is 0 Å². The van der Waals surface area contributed by atoms with Gasteiger partial charge in [0.1, 0.15) is 4.90 Å². The number of hydrogen-bond donors (Lipinski definition) is 2. The lowest BCUT2D eigenvalue weighted by molar-refractivity contribution is 0.590. The summed E-state index contributed by atoms with van der Waals surface area (Å²) in [5, 5.41) is 0.644. The van der Waals surface area contributed by atoms with Gasteiger partial charge in [-0.1, -0.05) is 38.4 Å². The van der Waals surface area contributed by atoms with Crippen molar-refractivity contribution in [1.29, 1.82) is 4.78 Å². The molecule has 0 radical (unpaired) electrons. The second kappa shape index (κ2) is 6.05. The van der Waals surface area contributed by atoms with Gasteiger partial charge in [-0.15, -0.1) is 0 Å². The molecule has 0 bridgehead atoms. The fourth-order valence-electron chi connectivity index (χ4n) is 2.85. The summed E-state index contributed by atoms with van der Waals surface area (Å²) in [6.07, 6.45) is 1.25. The molecule has 0 spiro atoms. The predicted octanol–water partition coefficient (Wildman–Crippen LogP) is 4.65. The number of benzene rings is 1. The van der Waals surface area contributed by atoms with E-state index in [1.165, 1.54) is 12.3 Å². The van der Waals surface area contributed by atoms with Crippen LogP contribution in [0.15, 0.2) is 27.9 Å². The van der Waals surface area contributed by atoms with Crippen molar-refractivity contribution >= 4 is 21.3 Å². The average molecular weight is 367 g/mol. The molecule has 4 nitrogen and oxygen atoms in total. The number of pyridine rings is 1. The third-order valence-electron chi connectivity index (χ3n) is 3.96. The maximum absolute atomic E-state index is 12.4. The van der Waals surface area contributed by atoms with Gasteiger partial charge in [-0.2, -0.15) is 0 Å². The molecule has 0 saturated carbocycles. The van der Waals surface area contributed by atoms with E-state index in [4.69, 9.17) is 16.4 Å². The first-order valence-electron chi connectivity index (χ1n) is 7.61. The first-order valence-corrected chi connectivity index (χ1v) is 9.95.